The number of aldehydes is 1. The standard InChI is InChI=1S/C26H32O2/c1-18(9-10-27)5-4-6-19(2)23-7-8-25(28-3)24(14-23)26-15-20-11-21(16-26)13-22(12-20)17-26/h4-10,14,20-22H,11-13,15-17H2,1-3H3/b5-4+,18-9+,19-6+. The van der Waals surface area contributed by atoms with Gasteiger partial charge in [0.15, 0.2) is 0 Å². The minimum atomic E-state index is 0.329. The Morgan fingerprint density at radius 2 is 1.68 bits per heavy atom. The van der Waals surface area contributed by atoms with Gasteiger partial charge >= 0.3 is 0 Å². The number of rotatable bonds is 6. The van der Waals surface area contributed by atoms with E-state index in [1.54, 1.807) is 6.08 Å². The molecule has 0 unspecified atom stereocenters. The molecular weight excluding hydrogens is 344 g/mol. The first-order valence-corrected chi connectivity index (χ1v) is 10.7. The molecule has 1 aromatic rings. The van der Waals surface area contributed by atoms with E-state index in [-0.39, 0.29) is 0 Å². The van der Waals surface area contributed by atoms with Crippen LogP contribution in [-0.4, -0.2) is 13.4 Å². The molecule has 148 valence electrons. The van der Waals surface area contributed by atoms with E-state index in [0.29, 0.717) is 5.41 Å². The van der Waals surface area contributed by atoms with Gasteiger partial charge in [0.25, 0.3) is 0 Å². The molecule has 0 spiro atoms. The number of hydrogen-bond donors (Lipinski definition) is 0. The van der Waals surface area contributed by atoms with Crippen molar-refractivity contribution < 1.29 is 9.53 Å². The van der Waals surface area contributed by atoms with Crippen LogP contribution in [0.4, 0.5) is 0 Å². The van der Waals surface area contributed by atoms with Crippen LogP contribution in [0.1, 0.15) is 63.5 Å². The van der Waals surface area contributed by atoms with Crippen LogP contribution < -0.4 is 4.74 Å². The minimum absolute atomic E-state index is 0.329. The topological polar surface area (TPSA) is 26.3 Å². The maximum Gasteiger partial charge on any atom is 0.143 e. The lowest BCUT2D eigenvalue weighted by molar-refractivity contribution is -0.104. The molecule has 28 heavy (non-hydrogen) atoms. The van der Waals surface area contributed by atoms with E-state index in [2.05, 4.69) is 31.2 Å². The zero-order chi connectivity index (χ0) is 19.7. The van der Waals surface area contributed by atoms with Crippen molar-refractivity contribution >= 4 is 11.9 Å². The molecule has 4 aliphatic carbocycles. The van der Waals surface area contributed by atoms with Gasteiger partial charge < -0.3 is 4.74 Å². The lowest BCUT2D eigenvalue weighted by atomic mass is 9.48. The lowest BCUT2D eigenvalue weighted by Gasteiger charge is -2.57. The van der Waals surface area contributed by atoms with Crippen molar-refractivity contribution in [3.05, 3.63) is 59.2 Å². The summed E-state index contributed by atoms with van der Waals surface area (Å²) >= 11 is 0. The summed E-state index contributed by atoms with van der Waals surface area (Å²) in [4.78, 5) is 10.6. The van der Waals surface area contributed by atoms with Crippen LogP contribution in [0.5, 0.6) is 5.75 Å². The second kappa shape index (κ2) is 7.73. The first kappa shape index (κ1) is 19.2. The van der Waals surface area contributed by atoms with Crippen LogP contribution in [-0.2, 0) is 10.2 Å². The Balaban J connectivity index is 1.65. The summed E-state index contributed by atoms with van der Waals surface area (Å²) in [6, 6.07) is 6.75. The molecule has 0 atom stereocenters. The quantitative estimate of drug-likeness (QED) is 0.332. The van der Waals surface area contributed by atoms with Crippen molar-refractivity contribution in [2.75, 3.05) is 7.11 Å². The second-order valence-corrected chi connectivity index (χ2v) is 9.37. The summed E-state index contributed by atoms with van der Waals surface area (Å²) in [6.45, 7) is 4.10. The van der Waals surface area contributed by atoms with Crippen LogP contribution in [0.3, 0.4) is 0 Å². The number of carbonyl (C=O) groups excluding carboxylic acids is 1. The van der Waals surface area contributed by atoms with E-state index >= 15 is 0 Å². The summed E-state index contributed by atoms with van der Waals surface area (Å²) in [5, 5.41) is 0. The van der Waals surface area contributed by atoms with Gasteiger partial charge in [-0.25, -0.2) is 0 Å². The molecule has 0 radical (unpaired) electrons. The van der Waals surface area contributed by atoms with Crippen LogP contribution in [0, 0.1) is 17.8 Å². The molecule has 0 amide bonds. The molecule has 0 aromatic heterocycles. The van der Waals surface area contributed by atoms with E-state index < -0.39 is 0 Å². The van der Waals surface area contributed by atoms with Gasteiger partial charge in [-0.05, 0) is 110 Å². The zero-order valence-electron chi connectivity index (χ0n) is 17.4. The van der Waals surface area contributed by atoms with Crippen molar-refractivity contribution in [3.8, 4) is 5.75 Å². The Bertz CT molecular complexity index is 805. The highest BCUT2D eigenvalue weighted by molar-refractivity contribution is 5.69. The Kier molecular flexibility index (Phi) is 5.31. The van der Waals surface area contributed by atoms with Crippen molar-refractivity contribution in [3.63, 3.8) is 0 Å². The van der Waals surface area contributed by atoms with Gasteiger partial charge in [0.1, 0.15) is 12.0 Å². The number of methoxy groups -OCH3 is 1. The van der Waals surface area contributed by atoms with E-state index in [1.807, 2.05) is 26.2 Å². The highest BCUT2D eigenvalue weighted by Gasteiger charge is 2.52. The predicted molar refractivity (Wildman–Crippen MR) is 115 cm³/mol. The fourth-order valence-electron chi connectivity index (χ4n) is 6.41. The smallest absolute Gasteiger partial charge is 0.143 e. The fourth-order valence-corrected chi connectivity index (χ4v) is 6.41. The Morgan fingerprint density at radius 3 is 2.25 bits per heavy atom. The van der Waals surface area contributed by atoms with Gasteiger partial charge in [-0.3, -0.25) is 4.79 Å². The third-order valence-electron chi connectivity index (χ3n) is 7.30. The molecule has 4 bridgehead atoms. The molecule has 0 heterocycles. The first-order valence-electron chi connectivity index (χ1n) is 10.7. The molecule has 0 N–H and O–H groups in total. The SMILES string of the molecule is COc1ccc(/C(C)=C/C=C/C(C)=C/C=O)cc1C12CC3CC(CC(C3)C1)C2. The maximum atomic E-state index is 10.6. The normalized spacial score (nSPS) is 32.2. The first-order chi connectivity index (χ1) is 13.5. The van der Waals surface area contributed by atoms with Crippen LogP contribution >= 0.6 is 0 Å². The predicted octanol–water partition coefficient (Wildman–Crippen LogP) is 6.27. The molecule has 5 rings (SSSR count). The molecule has 2 heteroatoms. The van der Waals surface area contributed by atoms with Gasteiger partial charge in [0.2, 0.25) is 0 Å². The molecular formula is C26H32O2. The molecule has 2 nitrogen and oxygen atoms in total. The summed E-state index contributed by atoms with van der Waals surface area (Å²) < 4.78 is 5.84. The van der Waals surface area contributed by atoms with Gasteiger partial charge in [-0.2, -0.15) is 0 Å². The Labute approximate surface area is 169 Å². The molecule has 4 saturated carbocycles. The largest absolute Gasteiger partial charge is 0.496 e. The highest BCUT2D eigenvalue weighted by Crippen LogP contribution is 2.62. The summed E-state index contributed by atoms with van der Waals surface area (Å²) in [5.41, 5.74) is 5.25. The fraction of sp³-hybridized carbons (Fsp3) is 0.500. The second-order valence-electron chi connectivity index (χ2n) is 9.37. The minimum Gasteiger partial charge on any atom is -0.496 e. The Morgan fingerprint density at radius 1 is 1.04 bits per heavy atom. The molecule has 4 fully saturated rings. The van der Waals surface area contributed by atoms with Gasteiger partial charge in [-0.15, -0.1) is 0 Å². The third kappa shape index (κ3) is 3.62. The van der Waals surface area contributed by atoms with Crippen molar-refractivity contribution in [1.29, 1.82) is 0 Å². The molecule has 0 saturated heterocycles. The van der Waals surface area contributed by atoms with E-state index in [9.17, 15) is 4.79 Å². The summed E-state index contributed by atoms with van der Waals surface area (Å²) in [7, 11) is 1.81. The lowest BCUT2D eigenvalue weighted by Crippen LogP contribution is -2.48. The van der Waals surface area contributed by atoms with Gasteiger partial charge in [0.05, 0.1) is 7.11 Å². The average molecular weight is 377 g/mol. The highest BCUT2D eigenvalue weighted by atomic mass is 16.5. The van der Waals surface area contributed by atoms with E-state index in [4.69, 9.17) is 4.74 Å². The zero-order valence-corrected chi connectivity index (χ0v) is 17.4. The Hall–Kier alpha value is -2.09. The number of benzene rings is 1. The number of hydrogen-bond acceptors (Lipinski definition) is 2. The van der Waals surface area contributed by atoms with Crippen molar-refractivity contribution in [2.24, 2.45) is 17.8 Å². The van der Waals surface area contributed by atoms with Crippen LogP contribution in [0.2, 0.25) is 0 Å². The number of allylic oxidation sites excluding steroid dienone is 6. The summed E-state index contributed by atoms with van der Waals surface area (Å²) in [5.74, 6) is 3.84. The van der Waals surface area contributed by atoms with Gasteiger partial charge in [-0.1, -0.05) is 24.3 Å². The van der Waals surface area contributed by atoms with Crippen molar-refractivity contribution in [1.82, 2.24) is 0 Å². The molecule has 0 aliphatic heterocycles. The summed E-state index contributed by atoms with van der Waals surface area (Å²) in [6.07, 6.45) is 16.9. The van der Waals surface area contributed by atoms with E-state index in [0.717, 1.165) is 35.4 Å². The molecule has 1 aromatic carbocycles. The van der Waals surface area contributed by atoms with Crippen LogP contribution in [0.15, 0.2) is 48.1 Å². The van der Waals surface area contributed by atoms with Crippen LogP contribution in [0.25, 0.3) is 5.57 Å². The van der Waals surface area contributed by atoms with E-state index in [1.165, 1.54) is 55.2 Å². The van der Waals surface area contributed by atoms with Gasteiger partial charge in [0, 0.05) is 5.56 Å². The number of carbonyl (C=O) groups is 1. The third-order valence-corrected chi connectivity index (χ3v) is 7.30. The molecule has 4 aliphatic rings. The maximum absolute atomic E-state index is 10.6. The monoisotopic (exact) mass is 376 g/mol. The van der Waals surface area contributed by atoms with Crippen molar-refractivity contribution in [2.45, 2.75) is 57.8 Å². The average Bonchev–Trinajstić information content (AvgIpc) is 2.66. The number of ether oxygens (including phenoxy) is 1.